The molecule has 1 rings (SSSR count). The van der Waals surface area contributed by atoms with Gasteiger partial charge in [-0.05, 0) is 49.4 Å². The molecule has 1 saturated carbocycles. The Hall–Kier alpha value is -0.610. The van der Waals surface area contributed by atoms with Gasteiger partial charge in [-0.25, -0.2) is 0 Å². The minimum absolute atomic E-state index is 0.0428. The Labute approximate surface area is 128 Å². The first-order valence-corrected chi connectivity index (χ1v) is 8.35. The van der Waals surface area contributed by atoms with E-state index in [-0.39, 0.29) is 29.8 Å². The summed E-state index contributed by atoms with van der Waals surface area (Å²) in [5.74, 6) is -0.754. The summed E-state index contributed by atoms with van der Waals surface area (Å²) in [6, 6.07) is 0. The van der Waals surface area contributed by atoms with Gasteiger partial charge in [-0.3, -0.25) is 4.79 Å². The van der Waals surface area contributed by atoms with E-state index in [0.29, 0.717) is 12.8 Å². The van der Waals surface area contributed by atoms with E-state index in [9.17, 15) is 15.0 Å². The van der Waals surface area contributed by atoms with Crippen molar-refractivity contribution < 1.29 is 20.1 Å². The number of hydrogen-bond acceptors (Lipinski definition) is 3. The third-order valence-electron chi connectivity index (χ3n) is 5.23. The highest BCUT2D eigenvalue weighted by Gasteiger charge is 2.37. The van der Waals surface area contributed by atoms with Gasteiger partial charge < -0.3 is 15.3 Å². The molecule has 0 aromatic carbocycles. The first-order valence-electron chi connectivity index (χ1n) is 8.35. The maximum absolute atomic E-state index is 10.9. The van der Waals surface area contributed by atoms with E-state index in [4.69, 9.17) is 5.11 Å². The molecule has 4 heteroatoms. The van der Waals surface area contributed by atoms with Gasteiger partial charge in [0.1, 0.15) is 0 Å². The summed E-state index contributed by atoms with van der Waals surface area (Å²) in [5, 5.41) is 29.3. The first kappa shape index (κ1) is 18.4. The molecule has 21 heavy (non-hydrogen) atoms. The van der Waals surface area contributed by atoms with Gasteiger partial charge >= 0.3 is 5.97 Å². The normalized spacial score (nSPS) is 27.8. The van der Waals surface area contributed by atoms with Crippen molar-refractivity contribution in [3.8, 4) is 0 Å². The third-order valence-corrected chi connectivity index (χ3v) is 5.23. The van der Waals surface area contributed by atoms with Crippen LogP contribution < -0.4 is 0 Å². The minimum Gasteiger partial charge on any atom is -0.481 e. The van der Waals surface area contributed by atoms with Crippen molar-refractivity contribution in [2.45, 2.75) is 84.3 Å². The topological polar surface area (TPSA) is 77.8 Å². The average Bonchev–Trinajstić information content (AvgIpc) is 2.74. The highest BCUT2D eigenvalue weighted by Crippen LogP contribution is 2.39. The fourth-order valence-electron chi connectivity index (χ4n) is 3.55. The van der Waals surface area contributed by atoms with E-state index < -0.39 is 12.1 Å². The van der Waals surface area contributed by atoms with Crippen LogP contribution in [0.2, 0.25) is 0 Å². The van der Waals surface area contributed by atoms with Gasteiger partial charge in [-0.2, -0.15) is 0 Å². The van der Waals surface area contributed by atoms with E-state index in [1.54, 1.807) is 0 Å². The van der Waals surface area contributed by atoms with Crippen LogP contribution in [0.15, 0.2) is 0 Å². The van der Waals surface area contributed by atoms with Crippen LogP contribution >= 0.6 is 0 Å². The molecule has 1 aliphatic carbocycles. The lowest BCUT2D eigenvalue weighted by atomic mass is 9.77. The number of hydrogen-bond donors (Lipinski definition) is 3. The Morgan fingerprint density at radius 1 is 1.33 bits per heavy atom. The predicted octanol–water partition coefficient (Wildman–Crippen LogP) is 3.21. The van der Waals surface area contributed by atoms with E-state index in [1.807, 2.05) is 0 Å². The van der Waals surface area contributed by atoms with Gasteiger partial charge in [0.05, 0.1) is 18.6 Å². The Balaban J connectivity index is 2.47. The van der Waals surface area contributed by atoms with Crippen LogP contribution in [0.1, 0.15) is 72.1 Å². The van der Waals surface area contributed by atoms with Crippen molar-refractivity contribution in [2.24, 2.45) is 17.3 Å². The number of aliphatic hydroxyl groups is 2. The highest BCUT2D eigenvalue weighted by atomic mass is 16.4. The molecule has 0 aromatic heterocycles. The number of aliphatic hydroxyl groups excluding tert-OH is 2. The maximum atomic E-state index is 10.9. The zero-order valence-electron chi connectivity index (χ0n) is 13.7. The second-order valence-corrected chi connectivity index (χ2v) is 7.35. The van der Waals surface area contributed by atoms with Crippen LogP contribution in [0.5, 0.6) is 0 Å². The Kier molecular flexibility index (Phi) is 7.14. The first-order chi connectivity index (χ1) is 9.77. The molecule has 0 radical (unpaired) electrons. The molecule has 124 valence electrons. The molecule has 0 aromatic rings. The van der Waals surface area contributed by atoms with Gasteiger partial charge in [-0.15, -0.1) is 0 Å². The zero-order chi connectivity index (χ0) is 16.0. The molecule has 3 unspecified atom stereocenters. The SMILES string of the molecule is CCCCC(C)(C)C(O)CCC1CC[C@@H](O)C1CC(=O)O. The molecule has 3 N–H and O–H groups in total. The van der Waals surface area contributed by atoms with E-state index in [2.05, 4.69) is 20.8 Å². The van der Waals surface area contributed by atoms with Gasteiger partial charge in [0, 0.05) is 0 Å². The Morgan fingerprint density at radius 3 is 2.57 bits per heavy atom. The summed E-state index contributed by atoms with van der Waals surface area (Å²) in [6.07, 6.45) is 5.54. The highest BCUT2D eigenvalue weighted by molar-refractivity contribution is 5.67. The lowest BCUT2D eigenvalue weighted by molar-refractivity contribution is -0.139. The molecule has 0 amide bonds. The van der Waals surface area contributed by atoms with Crippen LogP contribution in [0.4, 0.5) is 0 Å². The molecule has 0 spiro atoms. The van der Waals surface area contributed by atoms with Crippen LogP contribution in [-0.2, 0) is 4.79 Å². The minimum atomic E-state index is -0.838. The van der Waals surface area contributed by atoms with Crippen molar-refractivity contribution in [3.63, 3.8) is 0 Å². The van der Waals surface area contributed by atoms with E-state index in [1.165, 1.54) is 0 Å². The molecular weight excluding hydrogens is 268 g/mol. The number of carbonyl (C=O) groups is 1. The average molecular weight is 300 g/mol. The summed E-state index contributed by atoms with van der Waals surface area (Å²) in [5.41, 5.74) is -0.0878. The van der Waals surface area contributed by atoms with Crippen LogP contribution in [0.3, 0.4) is 0 Å². The van der Waals surface area contributed by atoms with Gasteiger partial charge in [0.25, 0.3) is 0 Å². The molecular formula is C17H32O4. The second kappa shape index (κ2) is 8.14. The standard InChI is InChI=1S/C17H32O4/c1-4-5-10-17(2,3)15(19)9-7-12-6-8-14(18)13(12)11-16(20)21/h12-15,18-19H,4-11H2,1-3H3,(H,20,21)/t12?,13?,14-,15?/m1/s1. The second-order valence-electron chi connectivity index (χ2n) is 7.35. The molecule has 0 saturated heterocycles. The Bertz CT molecular complexity index is 327. The maximum Gasteiger partial charge on any atom is 0.303 e. The quantitative estimate of drug-likeness (QED) is 0.611. The molecule has 4 atom stereocenters. The molecule has 0 bridgehead atoms. The largest absolute Gasteiger partial charge is 0.481 e. The number of unbranched alkanes of at least 4 members (excludes halogenated alkanes) is 1. The monoisotopic (exact) mass is 300 g/mol. The number of rotatable bonds is 9. The van der Waals surface area contributed by atoms with Gasteiger partial charge in [0.15, 0.2) is 0 Å². The third kappa shape index (κ3) is 5.59. The molecule has 4 nitrogen and oxygen atoms in total. The lowest BCUT2D eigenvalue weighted by Crippen LogP contribution is -2.30. The number of aliphatic carboxylic acids is 1. The van der Waals surface area contributed by atoms with Crippen LogP contribution in [-0.4, -0.2) is 33.5 Å². The van der Waals surface area contributed by atoms with Crippen molar-refractivity contribution in [1.82, 2.24) is 0 Å². The zero-order valence-corrected chi connectivity index (χ0v) is 13.7. The van der Waals surface area contributed by atoms with E-state index in [0.717, 1.165) is 32.1 Å². The Morgan fingerprint density at radius 2 is 2.00 bits per heavy atom. The van der Waals surface area contributed by atoms with Crippen molar-refractivity contribution >= 4 is 5.97 Å². The molecule has 0 heterocycles. The smallest absolute Gasteiger partial charge is 0.303 e. The van der Waals surface area contributed by atoms with Crippen molar-refractivity contribution in [2.75, 3.05) is 0 Å². The molecule has 0 aliphatic heterocycles. The van der Waals surface area contributed by atoms with Gasteiger partial charge in [0.2, 0.25) is 0 Å². The van der Waals surface area contributed by atoms with Crippen molar-refractivity contribution in [3.05, 3.63) is 0 Å². The molecule has 1 fully saturated rings. The summed E-state index contributed by atoms with van der Waals surface area (Å²) in [6.45, 7) is 6.36. The summed E-state index contributed by atoms with van der Waals surface area (Å²) >= 11 is 0. The summed E-state index contributed by atoms with van der Waals surface area (Å²) in [4.78, 5) is 10.9. The fraction of sp³-hybridized carbons (Fsp3) is 0.941. The van der Waals surface area contributed by atoms with Crippen LogP contribution in [0, 0.1) is 17.3 Å². The van der Waals surface area contributed by atoms with Crippen molar-refractivity contribution in [1.29, 1.82) is 0 Å². The molecule has 1 aliphatic rings. The number of carboxylic acid groups (broad SMARTS) is 1. The number of carboxylic acids is 1. The predicted molar refractivity (Wildman–Crippen MR) is 83.0 cm³/mol. The fourth-order valence-corrected chi connectivity index (χ4v) is 3.55. The van der Waals surface area contributed by atoms with Crippen LogP contribution in [0.25, 0.3) is 0 Å². The van der Waals surface area contributed by atoms with E-state index >= 15 is 0 Å². The van der Waals surface area contributed by atoms with Gasteiger partial charge in [-0.1, -0.05) is 33.6 Å². The lowest BCUT2D eigenvalue weighted by Gasteiger charge is -2.32. The summed E-state index contributed by atoms with van der Waals surface area (Å²) < 4.78 is 0. The summed E-state index contributed by atoms with van der Waals surface area (Å²) in [7, 11) is 0.